The molecule has 2 rings (SSSR count). The minimum absolute atomic E-state index is 0.0266. The Kier molecular flexibility index (Phi) is 4.99. The minimum Gasteiger partial charge on any atom is -0.340 e. The van der Waals surface area contributed by atoms with Crippen molar-refractivity contribution in [2.45, 2.75) is 32.4 Å². The molecule has 1 fully saturated rings. The number of carbonyl (C=O) groups excluding carboxylic acids is 1. The summed E-state index contributed by atoms with van der Waals surface area (Å²) in [6.07, 6.45) is 2.30. The number of nitrogens with zero attached hydrogens (tertiary/aromatic N) is 1. The third kappa shape index (κ3) is 3.57. The smallest absolute Gasteiger partial charge is 0.240 e. The lowest BCUT2D eigenvalue weighted by atomic mass is 9.92. The number of carbonyl (C=O) groups is 1. The quantitative estimate of drug-likeness (QED) is 0.927. The van der Waals surface area contributed by atoms with Crippen molar-refractivity contribution in [3.05, 3.63) is 34.3 Å². The molecule has 3 nitrogen and oxygen atoms in total. The standard InChI is InChI=1S/C15H21BrN2O/c1-11-6-5-9-17-14(11)15(19)18(2)10-12-7-3-4-8-13(12)16/h3-4,7-8,11,14,17H,5-6,9-10H2,1-2H3. The van der Waals surface area contributed by atoms with Crippen molar-refractivity contribution < 1.29 is 4.79 Å². The third-order valence-electron chi connectivity index (χ3n) is 3.78. The lowest BCUT2D eigenvalue weighted by Gasteiger charge is -2.32. The van der Waals surface area contributed by atoms with E-state index in [1.165, 1.54) is 6.42 Å². The van der Waals surface area contributed by atoms with Crippen LogP contribution in [0.15, 0.2) is 28.7 Å². The topological polar surface area (TPSA) is 32.3 Å². The number of benzene rings is 1. The van der Waals surface area contributed by atoms with Gasteiger partial charge in [0.25, 0.3) is 0 Å². The van der Waals surface area contributed by atoms with Crippen LogP contribution in [0.25, 0.3) is 0 Å². The average molecular weight is 325 g/mol. The summed E-state index contributed by atoms with van der Waals surface area (Å²) in [6, 6.07) is 8.02. The van der Waals surface area contributed by atoms with Crippen LogP contribution in [0.2, 0.25) is 0 Å². The van der Waals surface area contributed by atoms with E-state index < -0.39 is 0 Å². The molecule has 0 aliphatic carbocycles. The van der Waals surface area contributed by atoms with Gasteiger partial charge < -0.3 is 10.2 Å². The van der Waals surface area contributed by atoms with Gasteiger partial charge in [-0.05, 0) is 36.9 Å². The molecule has 104 valence electrons. The lowest BCUT2D eigenvalue weighted by Crippen LogP contribution is -2.51. The summed E-state index contributed by atoms with van der Waals surface area (Å²) in [4.78, 5) is 14.3. The molecule has 2 unspecified atom stereocenters. The summed E-state index contributed by atoms with van der Waals surface area (Å²) >= 11 is 3.53. The van der Waals surface area contributed by atoms with Gasteiger partial charge in [0.05, 0.1) is 6.04 Å². The summed E-state index contributed by atoms with van der Waals surface area (Å²) in [5, 5.41) is 3.35. The summed E-state index contributed by atoms with van der Waals surface area (Å²) in [5.41, 5.74) is 1.14. The van der Waals surface area contributed by atoms with Gasteiger partial charge in [0, 0.05) is 18.1 Å². The highest BCUT2D eigenvalue weighted by Gasteiger charge is 2.29. The van der Waals surface area contributed by atoms with Gasteiger partial charge in [-0.1, -0.05) is 41.1 Å². The van der Waals surface area contributed by atoms with Gasteiger partial charge >= 0.3 is 0 Å². The Morgan fingerprint density at radius 2 is 2.21 bits per heavy atom. The van der Waals surface area contributed by atoms with E-state index in [-0.39, 0.29) is 11.9 Å². The van der Waals surface area contributed by atoms with Crippen LogP contribution in [0.3, 0.4) is 0 Å². The molecule has 1 aliphatic rings. The zero-order valence-corrected chi connectivity index (χ0v) is 13.1. The molecule has 1 aliphatic heterocycles. The molecule has 0 spiro atoms. The molecule has 1 amide bonds. The number of rotatable bonds is 3. The SMILES string of the molecule is CC1CCCNC1C(=O)N(C)Cc1ccccc1Br. The fourth-order valence-corrected chi connectivity index (χ4v) is 2.99. The maximum atomic E-state index is 12.5. The molecular formula is C15H21BrN2O. The molecule has 4 heteroatoms. The van der Waals surface area contributed by atoms with Crippen LogP contribution in [0, 0.1) is 5.92 Å². The fourth-order valence-electron chi connectivity index (χ4n) is 2.58. The normalized spacial score (nSPS) is 23.1. The van der Waals surface area contributed by atoms with E-state index in [4.69, 9.17) is 0 Å². The van der Waals surface area contributed by atoms with Crippen molar-refractivity contribution in [2.75, 3.05) is 13.6 Å². The first-order chi connectivity index (χ1) is 9.09. The van der Waals surface area contributed by atoms with Crippen LogP contribution in [0.1, 0.15) is 25.3 Å². The number of likely N-dealkylation sites (N-methyl/N-ethyl adjacent to an activating group) is 1. The van der Waals surface area contributed by atoms with Crippen molar-refractivity contribution in [1.82, 2.24) is 10.2 Å². The van der Waals surface area contributed by atoms with Crippen LogP contribution in [-0.4, -0.2) is 30.4 Å². The molecule has 1 aromatic rings. The summed E-state index contributed by atoms with van der Waals surface area (Å²) in [7, 11) is 1.88. The Balaban J connectivity index is 2.01. The number of hydrogen-bond donors (Lipinski definition) is 1. The zero-order chi connectivity index (χ0) is 13.8. The number of hydrogen-bond acceptors (Lipinski definition) is 2. The van der Waals surface area contributed by atoms with Gasteiger partial charge in [-0.2, -0.15) is 0 Å². The first-order valence-electron chi connectivity index (χ1n) is 6.81. The molecule has 1 heterocycles. The molecular weight excluding hydrogens is 304 g/mol. The van der Waals surface area contributed by atoms with Crippen molar-refractivity contribution in [3.8, 4) is 0 Å². The molecule has 0 saturated carbocycles. The fraction of sp³-hybridized carbons (Fsp3) is 0.533. The van der Waals surface area contributed by atoms with Gasteiger partial charge in [0.15, 0.2) is 0 Å². The summed E-state index contributed by atoms with van der Waals surface area (Å²) in [6.45, 7) is 3.75. The molecule has 1 aromatic carbocycles. The van der Waals surface area contributed by atoms with Crippen molar-refractivity contribution in [2.24, 2.45) is 5.92 Å². The Morgan fingerprint density at radius 3 is 2.89 bits per heavy atom. The molecule has 2 atom stereocenters. The van der Waals surface area contributed by atoms with Gasteiger partial charge in [-0.25, -0.2) is 0 Å². The molecule has 0 aromatic heterocycles. The van der Waals surface area contributed by atoms with Gasteiger partial charge in [0.1, 0.15) is 0 Å². The molecule has 1 saturated heterocycles. The second kappa shape index (κ2) is 6.53. The van der Waals surface area contributed by atoms with Crippen LogP contribution in [0.5, 0.6) is 0 Å². The largest absolute Gasteiger partial charge is 0.340 e. The zero-order valence-electron chi connectivity index (χ0n) is 11.5. The lowest BCUT2D eigenvalue weighted by molar-refractivity contribution is -0.134. The van der Waals surface area contributed by atoms with E-state index in [1.807, 2.05) is 36.2 Å². The van der Waals surface area contributed by atoms with Crippen molar-refractivity contribution in [1.29, 1.82) is 0 Å². The molecule has 0 radical (unpaired) electrons. The summed E-state index contributed by atoms with van der Waals surface area (Å²) in [5.74, 6) is 0.617. The van der Waals surface area contributed by atoms with Crippen LogP contribution < -0.4 is 5.32 Å². The van der Waals surface area contributed by atoms with Gasteiger partial charge in [0.2, 0.25) is 5.91 Å². The van der Waals surface area contributed by atoms with Gasteiger partial charge in [-0.3, -0.25) is 4.79 Å². The first-order valence-corrected chi connectivity index (χ1v) is 7.60. The predicted octanol–water partition coefficient (Wildman–Crippen LogP) is 2.80. The predicted molar refractivity (Wildman–Crippen MR) is 80.8 cm³/mol. The maximum absolute atomic E-state index is 12.5. The number of amides is 1. The minimum atomic E-state index is -0.0266. The average Bonchev–Trinajstić information content (AvgIpc) is 2.41. The first kappa shape index (κ1) is 14.5. The Morgan fingerprint density at radius 1 is 1.47 bits per heavy atom. The van der Waals surface area contributed by atoms with E-state index in [0.717, 1.165) is 23.0 Å². The highest BCUT2D eigenvalue weighted by Crippen LogP contribution is 2.20. The Bertz CT molecular complexity index is 450. The molecule has 19 heavy (non-hydrogen) atoms. The number of nitrogens with one attached hydrogen (secondary N) is 1. The van der Waals surface area contributed by atoms with E-state index in [9.17, 15) is 4.79 Å². The maximum Gasteiger partial charge on any atom is 0.240 e. The van der Waals surface area contributed by atoms with E-state index in [0.29, 0.717) is 12.5 Å². The highest BCUT2D eigenvalue weighted by molar-refractivity contribution is 9.10. The highest BCUT2D eigenvalue weighted by atomic mass is 79.9. The molecule has 0 bridgehead atoms. The van der Waals surface area contributed by atoms with Crippen LogP contribution in [-0.2, 0) is 11.3 Å². The third-order valence-corrected chi connectivity index (χ3v) is 4.55. The van der Waals surface area contributed by atoms with E-state index in [1.54, 1.807) is 0 Å². The Hall–Kier alpha value is -0.870. The van der Waals surface area contributed by atoms with Crippen molar-refractivity contribution >= 4 is 21.8 Å². The van der Waals surface area contributed by atoms with E-state index in [2.05, 4.69) is 28.2 Å². The van der Waals surface area contributed by atoms with Gasteiger partial charge in [-0.15, -0.1) is 0 Å². The van der Waals surface area contributed by atoms with Crippen LogP contribution in [0.4, 0.5) is 0 Å². The summed E-state index contributed by atoms with van der Waals surface area (Å²) < 4.78 is 1.05. The monoisotopic (exact) mass is 324 g/mol. The Labute approximate surface area is 123 Å². The van der Waals surface area contributed by atoms with E-state index >= 15 is 0 Å². The number of piperidine rings is 1. The second-order valence-electron chi connectivity index (χ2n) is 5.34. The number of halogens is 1. The van der Waals surface area contributed by atoms with Crippen LogP contribution >= 0.6 is 15.9 Å². The second-order valence-corrected chi connectivity index (χ2v) is 6.19. The van der Waals surface area contributed by atoms with Crippen molar-refractivity contribution in [3.63, 3.8) is 0 Å². The molecule has 1 N–H and O–H groups in total.